The number of nitrogens with one attached hydrogen (secondary N) is 1. The van der Waals surface area contributed by atoms with Gasteiger partial charge in [0.1, 0.15) is 6.61 Å². The van der Waals surface area contributed by atoms with Crippen molar-refractivity contribution < 1.29 is 17.9 Å². The third-order valence-electron chi connectivity index (χ3n) is 4.21. The van der Waals surface area contributed by atoms with Gasteiger partial charge in [-0.3, -0.25) is 4.72 Å². The van der Waals surface area contributed by atoms with E-state index in [-0.39, 0.29) is 12.7 Å². The van der Waals surface area contributed by atoms with Crippen LogP contribution < -0.4 is 4.72 Å². The normalized spacial score (nSPS) is 14.6. The van der Waals surface area contributed by atoms with Crippen molar-refractivity contribution in [2.45, 2.75) is 25.9 Å². The highest BCUT2D eigenvalue weighted by Gasteiger charge is 2.20. The molecular formula is C18H22N4O4S. The van der Waals surface area contributed by atoms with Gasteiger partial charge in [0.15, 0.2) is 5.82 Å². The van der Waals surface area contributed by atoms with E-state index >= 15 is 0 Å². The van der Waals surface area contributed by atoms with Gasteiger partial charge in [-0.15, -0.1) is 0 Å². The molecular weight excluding hydrogens is 368 g/mol. The number of ether oxygens (including phenoxy) is 1. The van der Waals surface area contributed by atoms with E-state index in [1.54, 1.807) is 41.6 Å². The maximum absolute atomic E-state index is 12.3. The average Bonchev–Trinajstić information content (AvgIpc) is 2.67. The summed E-state index contributed by atoms with van der Waals surface area (Å²) in [6.45, 7) is 1.32. The van der Waals surface area contributed by atoms with Crippen LogP contribution in [0.5, 0.6) is 0 Å². The molecule has 0 spiro atoms. The Balaban J connectivity index is 1.86. The number of carbonyl (C=O) groups excluding carboxylic acids is 1. The predicted octanol–water partition coefficient (Wildman–Crippen LogP) is 2.64. The Labute approximate surface area is 158 Å². The molecule has 0 aliphatic carbocycles. The maximum Gasteiger partial charge on any atom is 0.410 e. The summed E-state index contributed by atoms with van der Waals surface area (Å²) in [6, 6.07) is 6.86. The lowest BCUT2D eigenvalue weighted by atomic mass is 10.1. The molecule has 27 heavy (non-hydrogen) atoms. The maximum atomic E-state index is 12.3. The van der Waals surface area contributed by atoms with Crippen LogP contribution in [-0.4, -0.2) is 48.7 Å². The highest BCUT2D eigenvalue weighted by molar-refractivity contribution is 7.92. The second kappa shape index (κ2) is 8.34. The SMILES string of the molecule is CS(=O)(=O)Nc1c(COC(=O)N2CCCCC2)cccc1-c1ncccn1. The molecule has 1 fully saturated rings. The zero-order valence-corrected chi connectivity index (χ0v) is 15.9. The van der Waals surface area contributed by atoms with E-state index in [2.05, 4.69) is 14.7 Å². The van der Waals surface area contributed by atoms with Crippen LogP contribution in [0.4, 0.5) is 10.5 Å². The van der Waals surface area contributed by atoms with Gasteiger partial charge in [0.2, 0.25) is 10.0 Å². The lowest BCUT2D eigenvalue weighted by molar-refractivity contribution is 0.0896. The summed E-state index contributed by atoms with van der Waals surface area (Å²) in [7, 11) is -3.55. The van der Waals surface area contributed by atoms with Crippen molar-refractivity contribution in [3.05, 3.63) is 42.2 Å². The zero-order chi connectivity index (χ0) is 19.3. The number of likely N-dealkylation sites (tertiary alicyclic amines) is 1. The monoisotopic (exact) mass is 390 g/mol. The predicted molar refractivity (Wildman–Crippen MR) is 102 cm³/mol. The Bertz CT molecular complexity index is 897. The minimum absolute atomic E-state index is 0.0478. The van der Waals surface area contributed by atoms with Gasteiger partial charge in [-0.1, -0.05) is 12.1 Å². The third kappa shape index (κ3) is 5.16. The Kier molecular flexibility index (Phi) is 5.90. The van der Waals surface area contributed by atoms with E-state index in [1.807, 2.05) is 0 Å². The van der Waals surface area contributed by atoms with Gasteiger partial charge in [0.25, 0.3) is 0 Å². The second-order valence-electron chi connectivity index (χ2n) is 6.39. The largest absolute Gasteiger partial charge is 0.444 e. The summed E-state index contributed by atoms with van der Waals surface area (Å²) >= 11 is 0. The molecule has 0 saturated carbocycles. The van der Waals surface area contributed by atoms with Crippen LogP contribution in [0.2, 0.25) is 0 Å². The summed E-state index contributed by atoms with van der Waals surface area (Å²) in [6.07, 6.45) is 6.89. The van der Waals surface area contributed by atoms with Crippen molar-refractivity contribution in [2.24, 2.45) is 0 Å². The molecule has 2 aromatic rings. The van der Waals surface area contributed by atoms with Crippen molar-refractivity contribution in [1.29, 1.82) is 0 Å². The van der Waals surface area contributed by atoms with Crippen LogP contribution in [0.25, 0.3) is 11.4 Å². The molecule has 8 nitrogen and oxygen atoms in total. The second-order valence-corrected chi connectivity index (χ2v) is 8.14. The molecule has 9 heteroatoms. The molecule has 1 saturated heterocycles. The zero-order valence-electron chi connectivity index (χ0n) is 15.1. The lowest BCUT2D eigenvalue weighted by Crippen LogP contribution is -2.36. The van der Waals surface area contributed by atoms with Crippen molar-refractivity contribution in [3.63, 3.8) is 0 Å². The molecule has 1 N–H and O–H groups in total. The average molecular weight is 390 g/mol. The number of sulfonamides is 1. The standard InChI is InChI=1S/C18H22N4O4S/c1-27(24,25)21-16-14(13-26-18(23)22-11-3-2-4-12-22)7-5-8-15(16)17-19-9-6-10-20-17/h5-10,21H,2-4,11-13H2,1H3. The summed E-state index contributed by atoms with van der Waals surface area (Å²) < 4.78 is 31.6. The molecule has 0 bridgehead atoms. The first kappa shape index (κ1) is 19.1. The van der Waals surface area contributed by atoms with Crippen molar-refractivity contribution in [1.82, 2.24) is 14.9 Å². The number of aromatic nitrogens is 2. The smallest absolute Gasteiger partial charge is 0.410 e. The number of nitrogens with zero attached hydrogens (tertiary/aromatic N) is 3. The summed E-state index contributed by atoms with van der Waals surface area (Å²) in [5.41, 5.74) is 1.38. The number of carbonyl (C=O) groups is 1. The Morgan fingerprint density at radius 2 is 1.85 bits per heavy atom. The van der Waals surface area contributed by atoms with E-state index in [1.165, 1.54) is 0 Å². The molecule has 1 aliphatic rings. The van der Waals surface area contributed by atoms with Gasteiger partial charge in [0.05, 0.1) is 11.9 Å². The van der Waals surface area contributed by atoms with Crippen molar-refractivity contribution in [3.8, 4) is 11.4 Å². The number of piperidine rings is 1. The number of anilines is 1. The van der Waals surface area contributed by atoms with E-state index in [9.17, 15) is 13.2 Å². The number of rotatable bonds is 5. The van der Waals surface area contributed by atoms with Gasteiger partial charge in [0, 0.05) is 36.6 Å². The van der Waals surface area contributed by atoms with Gasteiger partial charge in [-0.2, -0.15) is 0 Å². The summed E-state index contributed by atoms with van der Waals surface area (Å²) in [4.78, 5) is 22.3. The van der Waals surface area contributed by atoms with Crippen LogP contribution in [0.1, 0.15) is 24.8 Å². The molecule has 3 rings (SSSR count). The van der Waals surface area contributed by atoms with E-state index in [4.69, 9.17) is 4.74 Å². The van der Waals surface area contributed by atoms with E-state index < -0.39 is 10.0 Å². The Morgan fingerprint density at radius 3 is 2.52 bits per heavy atom. The highest BCUT2D eigenvalue weighted by atomic mass is 32.2. The fourth-order valence-electron chi connectivity index (χ4n) is 2.96. The molecule has 1 amide bonds. The van der Waals surface area contributed by atoms with Crippen molar-refractivity contribution in [2.75, 3.05) is 24.1 Å². The minimum Gasteiger partial charge on any atom is -0.444 e. The molecule has 0 radical (unpaired) electrons. The first-order chi connectivity index (χ1) is 12.9. The van der Waals surface area contributed by atoms with Gasteiger partial charge >= 0.3 is 6.09 Å². The molecule has 144 valence electrons. The van der Waals surface area contributed by atoms with Crippen LogP contribution in [-0.2, 0) is 21.4 Å². The van der Waals surface area contributed by atoms with Crippen molar-refractivity contribution >= 4 is 21.8 Å². The highest BCUT2D eigenvalue weighted by Crippen LogP contribution is 2.30. The van der Waals surface area contributed by atoms with Gasteiger partial charge < -0.3 is 9.64 Å². The molecule has 2 heterocycles. The molecule has 1 aromatic heterocycles. The summed E-state index contributed by atoms with van der Waals surface area (Å²) in [5, 5.41) is 0. The Hall–Kier alpha value is -2.68. The molecule has 0 unspecified atom stereocenters. The number of hydrogen-bond acceptors (Lipinski definition) is 6. The molecule has 0 atom stereocenters. The fourth-order valence-corrected chi connectivity index (χ4v) is 3.57. The fraction of sp³-hybridized carbons (Fsp3) is 0.389. The molecule has 1 aromatic carbocycles. The third-order valence-corrected chi connectivity index (χ3v) is 4.79. The lowest BCUT2D eigenvalue weighted by Gasteiger charge is -2.26. The van der Waals surface area contributed by atoms with Gasteiger partial charge in [-0.05, 0) is 31.4 Å². The van der Waals surface area contributed by atoms with Crippen LogP contribution in [0.3, 0.4) is 0 Å². The van der Waals surface area contributed by atoms with Crippen LogP contribution >= 0.6 is 0 Å². The van der Waals surface area contributed by atoms with Crippen LogP contribution in [0, 0.1) is 0 Å². The topological polar surface area (TPSA) is 101 Å². The minimum atomic E-state index is -3.55. The first-order valence-electron chi connectivity index (χ1n) is 8.73. The quantitative estimate of drug-likeness (QED) is 0.842. The molecule has 1 aliphatic heterocycles. The number of amides is 1. The number of para-hydroxylation sites is 1. The van der Waals surface area contributed by atoms with Crippen LogP contribution in [0.15, 0.2) is 36.7 Å². The number of hydrogen-bond donors (Lipinski definition) is 1. The summed E-state index contributed by atoms with van der Waals surface area (Å²) in [5.74, 6) is 0.382. The van der Waals surface area contributed by atoms with Gasteiger partial charge in [-0.25, -0.2) is 23.2 Å². The van der Waals surface area contributed by atoms with E-state index in [0.717, 1.165) is 25.5 Å². The van der Waals surface area contributed by atoms with E-state index in [0.29, 0.717) is 35.7 Å². The first-order valence-corrected chi connectivity index (χ1v) is 10.6. The number of benzene rings is 1. The Morgan fingerprint density at radius 1 is 1.15 bits per heavy atom.